The van der Waals surface area contributed by atoms with Crippen molar-refractivity contribution in [1.82, 2.24) is 0 Å². The van der Waals surface area contributed by atoms with Crippen molar-refractivity contribution in [2.45, 2.75) is 71.1 Å². The van der Waals surface area contributed by atoms with Gasteiger partial charge in [-0.05, 0) is 75.6 Å². The number of benzene rings is 2. The summed E-state index contributed by atoms with van der Waals surface area (Å²) in [7, 11) is -4.23. The molecule has 41 heavy (non-hydrogen) atoms. The molecule has 2 aliphatic carbocycles. The summed E-state index contributed by atoms with van der Waals surface area (Å²) in [6.45, 7) is 10.1. The van der Waals surface area contributed by atoms with E-state index in [9.17, 15) is 18.0 Å². The van der Waals surface area contributed by atoms with Gasteiger partial charge in [0.05, 0.1) is 11.1 Å². The van der Waals surface area contributed by atoms with Crippen LogP contribution in [0.2, 0.25) is 5.02 Å². The molecule has 1 aliphatic heterocycles. The Bertz CT molecular complexity index is 1570. The van der Waals surface area contributed by atoms with Crippen LogP contribution in [0, 0.1) is 10.8 Å². The van der Waals surface area contributed by atoms with Gasteiger partial charge in [-0.15, -0.1) is 0 Å². The van der Waals surface area contributed by atoms with Crippen LogP contribution in [0.15, 0.2) is 68.4 Å². The molecule has 218 valence electrons. The normalized spacial score (nSPS) is 20.4. The Morgan fingerprint density at radius 2 is 1.46 bits per heavy atom. The van der Waals surface area contributed by atoms with Crippen LogP contribution in [0.25, 0.3) is 0 Å². The third kappa shape index (κ3) is 5.86. The van der Waals surface area contributed by atoms with Gasteiger partial charge in [0.15, 0.2) is 23.1 Å². The van der Waals surface area contributed by atoms with Crippen LogP contribution < -0.4 is 8.92 Å². The number of ether oxygens (including phenoxy) is 2. The molecule has 0 aromatic heterocycles. The number of allylic oxidation sites excluding steroid dienone is 4. The molecule has 0 saturated heterocycles. The van der Waals surface area contributed by atoms with Gasteiger partial charge < -0.3 is 13.7 Å². The lowest BCUT2D eigenvalue weighted by Crippen LogP contribution is -2.37. The van der Waals surface area contributed by atoms with Crippen molar-refractivity contribution < 1.29 is 31.7 Å². The Labute approximate surface area is 254 Å². The Balaban J connectivity index is 1.65. The highest BCUT2D eigenvalue weighted by Crippen LogP contribution is 2.54. The average Bonchev–Trinajstić information content (AvgIpc) is 2.83. The van der Waals surface area contributed by atoms with Gasteiger partial charge in [-0.2, -0.15) is 8.42 Å². The van der Waals surface area contributed by atoms with E-state index in [0.717, 1.165) is 0 Å². The third-order valence-corrected chi connectivity index (χ3v) is 9.62. The van der Waals surface area contributed by atoms with Crippen LogP contribution in [-0.2, 0) is 24.4 Å². The zero-order chi connectivity index (χ0) is 29.9. The molecule has 7 nitrogen and oxygen atoms in total. The van der Waals surface area contributed by atoms with Gasteiger partial charge in [-0.1, -0.05) is 39.3 Å². The summed E-state index contributed by atoms with van der Waals surface area (Å²) in [5.74, 6) is 0.528. The summed E-state index contributed by atoms with van der Waals surface area (Å²) in [6, 6.07) is 9.00. The topological polar surface area (TPSA) is 96.0 Å². The molecule has 2 aromatic rings. The van der Waals surface area contributed by atoms with Crippen molar-refractivity contribution in [2.75, 3.05) is 6.61 Å². The number of carbonyl (C=O) groups excluding carboxylic acids is 2. The van der Waals surface area contributed by atoms with Crippen molar-refractivity contribution >= 4 is 49.2 Å². The molecule has 0 spiro atoms. The number of hydrogen-bond acceptors (Lipinski definition) is 7. The molecule has 5 rings (SSSR count). The number of carbonyl (C=O) groups is 2. The molecule has 0 unspecified atom stereocenters. The van der Waals surface area contributed by atoms with E-state index in [0.29, 0.717) is 63.4 Å². The summed E-state index contributed by atoms with van der Waals surface area (Å²) in [5.41, 5.74) is 1.01. The summed E-state index contributed by atoms with van der Waals surface area (Å²) >= 11 is 9.42. The van der Waals surface area contributed by atoms with Crippen LogP contribution in [0.5, 0.6) is 11.5 Å². The van der Waals surface area contributed by atoms with E-state index in [4.69, 9.17) is 25.3 Å². The highest BCUT2D eigenvalue weighted by atomic mass is 79.9. The molecule has 0 N–H and O–H groups in total. The summed E-state index contributed by atoms with van der Waals surface area (Å²) < 4.78 is 44.4. The van der Waals surface area contributed by atoms with Gasteiger partial charge in [0.2, 0.25) is 0 Å². The van der Waals surface area contributed by atoms with E-state index >= 15 is 0 Å². The van der Waals surface area contributed by atoms with Gasteiger partial charge >= 0.3 is 10.1 Å². The van der Waals surface area contributed by atoms with Crippen LogP contribution in [0.4, 0.5) is 0 Å². The van der Waals surface area contributed by atoms with Crippen molar-refractivity contribution in [3.8, 4) is 11.5 Å². The average molecular weight is 664 g/mol. The van der Waals surface area contributed by atoms with Gasteiger partial charge in [0.1, 0.15) is 16.4 Å². The first kappa shape index (κ1) is 29.9. The number of Topliss-reactive ketones (excluding diaryl/α,β-unsaturated/α-hetero) is 2. The lowest BCUT2D eigenvalue weighted by molar-refractivity contribution is -0.120. The van der Waals surface area contributed by atoms with Gasteiger partial charge in [0, 0.05) is 47.8 Å². The number of rotatable bonds is 6. The number of halogens is 2. The van der Waals surface area contributed by atoms with Crippen molar-refractivity contribution in [3.05, 3.63) is 74.1 Å². The second-order valence-corrected chi connectivity index (χ2v) is 15.2. The summed E-state index contributed by atoms with van der Waals surface area (Å²) in [6.07, 6.45) is 1.79. The maximum Gasteiger partial charge on any atom is 0.339 e. The predicted octanol–water partition coefficient (Wildman–Crippen LogP) is 7.67. The SMILES string of the molecule is CCOc1cc(C2C3=C(CC(C)(C)CC3=O)OC3=C2C(=O)CC(C)(C)C3)cc(Br)c1OS(=O)(=O)c1ccc(Cl)cc1. The quantitative estimate of drug-likeness (QED) is 0.293. The molecule has 0 atom stereocenters. The molecule has 0 fully saturated rings. The minimum absolute atomic E-state index is 0.0341. The third-order valence-electron chi connectivity index (χ3n) is 7.54. The van der Waals surface area contributed by atoms with Gasteiger partial charge in [0.25, 0.3) is 0 Å². The fourth-order valence-electron chi connectivity index (χ4n) is 5.87. The Morgan fingerprint density at radius 3 is 1.98 bits per heavy atom. The maximum atomic E-state index is 13.6. The van der Waals surface area contributed by atoms with E-state index in [1.54, 1.807) is 19.1 Å². The second kappa shape index (κ2) is 10.6. The summed E-state index contributed by atoms with van der Waals surface area (Å²) in [5, 5.41) is 0.393. The second-order valence-electron chi connectivity index (χ2n) is 12.3. The van der Waals surface area contributed by atoms with Gasteiger partial charge in [-0.3, -0.25) is 9.59 Å². The molecule has 0 saturated carbocycles. The predicted molar refractivity (Wildman–Crippen MR) is 158 cm³/mol. The standard InChI is InChI=1S/C31H32BrClO7S/c1-6-38-23-12-17(11-20(32)29(23)40-41(36,37)19-9-7-18(33)8-10-19)26-27-21(34)13-30(2,3)15-24(27)39-25-16-31(4,5)14-22(35)28(25)26/h7-12,26H,6,13-16H2,1-5H3. The molecule has 0 amide bonds. The largest absolute Gasteiger partial charge is 0.490 e. The molecular formula is C31H32BrClO7S. The fraction of sp³-hybridized carbons (Fsp3) is 0.419. The smallest absolute Gasteiger partial charge is 0.339 e. The van der Waals surface area contributed by atoms with E-state index in [2.05, 4.69) is 15.9 Å². The minimum atomic E-state index is -4.23. The lowest BCUT2D eigenvalue weighted by atomic mass is 9.65. The fourth-order valence-corrected chi connectivity index (χ4v) is 7.60. The van der Waals surface area contributed by atoms with Crippen molar-refractivity contribution in [2.24, 2.45) is 10.8 Å². The lowest BCUT2D eigenvalue weighted by Gasteiger charge is -2.42. The molecule has 0 bridgehead atoms. The maximum absolute atomic E-state index is 13.6. The van der Waals surface area contributed by atoms with E-state index < -0.39 is 16.0 Å². The van der Waals surface area contributed by atoms with Crippen molar-refractivity contribution in [1.29, 1.82) is 0 Å². The Kier molecular flexibility index (Phi) is 7.71. The first-order chi connectivity index (χ1) is 19.1. The monoisotopic (exact) mass is 662 g/mol. The van der Waals surface area contributed by atoms with Crippen LogP contribution >= 0.6 is 27.5 Å². The minimum Gasteiger partial charge on any atom is -0.490 e. The van der Waals surface area contributed by atoms with Crippen LogP contribution in [0.3, 0.4) is 0 Å². The molecule has 0 radical (unpaired) electrons. The van der Waals surface area contributed by atoms with Crippen LogP contribution in [0.1, 0.15) is 71.8 Å². The van der Waals surface area contributed by atoms with E-state index in [1.807, 2.05) is 27.7 Å². The molecular weight excluding hydrogens is 632 g/mol. The van der Waals surface area contributed by atoms with E-state index in [-0.39, 0.29) is 45.4 Å². The number of ketones is 2. The number of hydrogen-bond donors (Lipinski definition) is 0. The summed E-state index contributed by atoms with van der Waals surface area (Å²) in [4.78, 5) is 27.2. The van der Waals surface area contributed by atoms with Crippen molar-refractivity contribution in [3.63, 3.8) is 0 Å². The highest BCUT2D eigenvalue weighted by molar-refractivity contribution is 9.10. The molecule has 2 aromatic carbocycles. The Morgan fingerprint density at radius 1 is 0.927 bits per heavy atom. The highest BCUT2D eigenvalue weighted by Gasteiger charge is 2.48. The Hall–Kier alpha value is -2.62. The molecule has 10 heteroatoms. The molecule has 3 aliphatic rings. The van der Waals surface area contributed by atoms with Gasteiger partial charge in [-0.25, -0.2) is 0 Å². The first-order valence-electron chi connectivity index (χ1n) is 13.5. The first-order valence-corrected chi connectivity index (χ1v) is 16.1. The molecule has 1 heterocycles. The van der Waals surface area contributed by atoms with E-state index in [1.165, 1.54) is 24.3 Å². The van der Waals surface area contributed by atoms with Crippen LogP contribution in [-0.4, -0.2) is 26.6 Å². The zero-order valence-corrected chi connectivity index (χ0v) is 26.8. The zero-order valence-electron chi connectivity index (χ0n) is 23.6.